The SMILES string of the molecule is C=C[C@@H]1C[C@]1(NC(=O)[C@@H]1C[C@H]2CN1C(=O)[C@H](C)NC(=O)OCCCC=Cc1ccc3nc(-c4ccccc4)cc(c3c1)O2)C(=O)O. The van der Waals surface area contributed by atoms with Crippen LogP contribution in [0.5, 0.6) is 5.75 Å². The number of nitrogens with one attached hydrogen (secondary N) is 2. The summed E-state index contributed by atoms with van der Waals surface area (Å²) in [6, 6.07) is 15.4. The Morgan fingerprint density at radius 2 is 1.98 bits per heavy atom. The quantitative estimate of drug-likeness (QED) is 0.356. The molecule has 0 unspecified atom stereocenters. The second kappa shape index (κ2) is 12.7. The highest BCUT2D eigenvalue weighted by molar-refractivity contribution is 5.96. The minimum absolute atomic E-state index is 0.0347. The van der Waals surface area contributed by atoms with Crippen molar-refractivity contribution >= 4 is 40.9 Å². The molecule has 1 aromatic heterocycles. The van der Waals surface area contributed by atoms with Crippen molar-refractivity contribution in [3.63, 3.8) is 0 Å². The maximum atomic E-state index is 13.7. The number of fused-ring (bicyclic) bond motifs is 3. The molecule has 3 N–H and O–H groups in total. The van der Waals surface area contributed by atoms with Crippen molar-refractivity contribution in [3.05, 3.63) is 78.9 Å². The number of ether oxygens (including phenoxy) is 2. The predicted octanol–water partition coefficient (Wildman–Crippen LogP) is 4.32. The lowest BCUT2D eigenvalue weighted by molar-refractivity contribution is -0.145. The monoisotopic (exact) mass is 624 g/mol. The van der Waals surface area contributed by atoms with Gasteiger partial charge in [-0.1, -0.05) is 54.6 Å². The summed E-state index contributed by atoms with van der Waals surface area (Å²) in [5, 5.41) is 15.9. The molecule has 46 heavy (non-hydrogen) atoms. The van der Waals surface area contributed by atoms with Gasteiger partial charge < -0.3 is 30.1 Å². The molecular formula is C35H36N4O7. The lowest BCUT2D eigenvalue weighted by Gasteiger charge is -2.28. The molecule has 6 rings (SSSR count). The topological polar surface area (TPSA) is 147 Å². The summed E-state index contributed by atoms with van der Waals surface area (Å²) in [6.07, 6.45) is 5.71. The molecule has 11 heteroatoms. The molecule has 11 nitrogen and oxygen atoms in total. The van der Waals surface area contributed by atoms with Gasteiger partial charge in [-0.25, -0.2) is 14.6 Å². The molecule has 2 aliphatic heterocycles. The third-order valence-electron chi connectivity index (χ3n) is 8.80. The Balaban J connectivity index is 1.38. The Bertz CT molecular complexity index is 1720. The number of nitrogens with zero attached hydrogens (tertiary/aromatic N) is 2. The Morgan fingerprint density at radius 3 is 2.72 bits per heavy atom. The Morgan fingerprint density at radius 1 is 1.17 bits per heavy atom. The van der Waals surface area contributed by atoms with Crippen molar-refractivity contribution < 1.29 is 33.8 Å². The third kappa shape index (κ3) is 6.17. The van der Waals surface area contributed by atoms with E-state index >= 15 is 0 Å². The molecule has 238 valence electrons. The van der Waals surface area contributed by atoms with Crippen LogP contribution >= 0.6 is 0 Å². The van der Waals surface area contributed by atoms with E-state index in [9.17, 15) is 24.3 Å². The molecule has 4 bridgehead atoms. The number of pyridine rings is 1. The number of hydrogen-bond donors (Lipinski definition) is 3. The number of carbonyl (C=O) groups is 4. The molecule has 1 saturated carbocycles. The van der Waals surface area contributed by atoms with Crippen molar-refractivity contribution in [1.29, 1.82) is 0 Å². The molecule has 3 aliphatic rings. The first-order valence-corrected chi connectivity index (χ1v) is 15.4. The summed E-state index contributed by atoms with van der Waals surface area (Å²) < 4.78 is 11.9. The van der Waals surface area contributed by atoms with E-state index in [0.717, 1.165) is 22.0 Å². The Labute approximate surface area is 266 Å². The van der Waals surface area contributed by atoms with Crippen molar-refractivity contribution in [2.24, 2.45) is 5.92 Å². The lowest BCUT2D eigenvalue weighted by Crippen LogP contribution is -2.55. The average Bonchev–Trinajstić information content (AvgIpc) is 3.62. The summed E-state index contributed by atoms with van der Waals surface area (Å²) in [5.74, 6) is -2.16. The van der Waals surface area contributed by atoms with E-state index in [1.807, 2.05) is 66.7 Å². The number of carbonyl (C=O) groups excluding carboxylic acids is 3. The van der Waals surface area contributed by atoms with Gasteiger partial charge in [0.15, 0.2) is 0 Å². The number of cyclic esters (lactones) is 1. The molecule has 1 saturated heterocycles. The number of aliphatic carboxylic acids is 1. The molecule has 5 atom stereocenters. The lowest BCUT2D eigenvalue weighted by atomic mass is 10.1. The van der Waals surface area contributed by atoms with Gasteiger partial charge in [-0.15, -0.1) is 6.58 Å². The Hall–Kier alpha value is -5.19. The van der Waals surface area contributed by atoms with Gasteiger partial charge in [0.05, 0.1) is 24.4 Å². The van der Waals surface area contributed by atoms with Gasteiger partial charge in [0.1, 0.15) is 29.5 Å². The number of allylic oxidation sites excluding steroid dienone is 1. The van der Waals surface area contributed by atoms with Gasteiger partial charge in [-0.3, -0.25) is 9.59 Å². The average molecular weight is 625 g/mol. The first-order chi connectivity index (χ1) is 22.2. The first-order valence-electron chi connectivity index (χ1n) is 15.4. The summed E-state index contributed by atoms with van der Waals surface area (Å²) >= 11 is 0. The van der Waals surface area contributed by atoms with Crippen molar-refractivity contribution in [2.75, 3.05) is 13.2 Å². The highest BCUT2D eigenvalue weighted by atomic mass is 16.5. The second-order valence-corrected chi connectivity index (χ2v) is 12.0. The fourth-order valence-corrected chi connectivity index (χ4v) is 6.16. The van der Waals surface area contributed by atoms with Gasteiger partial charge in [0, 0.05) is 29.4 Å². The van der Waals surface area contributed by atoms with Crippen molar-refractivity contribution in [3.8, 4) is 17.0 Å². The normalized spacial score (nSPS) is 26.3. The van der Waals surface area contributed by atoms with Gasteiger partial charge in [-0.05, 0) is 43.9 Å². The highest BCUT2D eigenvalue weighted by Crippen LogP contribution is 2.45. The summed E-state index contributed by atoms with van der Waals surface area (Å²) in [4.78, 5) is 58.3. The van der Waals surface area contributed by atoms with Gasteiger partial charge in [0.25, 0.3) is 0 Å². The number of carboxylic acids is 1. The van der Waals surface area contributed by atoms with E-state index in [1.165, 1.54) is 17.9 Å². The fraction of sp³-hybridized carbons (Fsp3) is 0.343. The van der Waals surface area contributed by atoms with E-state index in [1.54, 1.807) is 0 Å². The number of alkyl carbamates (subject to hydrolysis) is 1. The zero-order valence-electron chi connectivity index (χ0n) is 25.5. The van der Waals surface area contributed by atoms with E-state index in [4.69, 9.17) is 14.5 Å². The van der Waals surface area contributed by atoms with Crippen molar-refractivity contribution in [2.45, 2.75) is 56.3 Å². The van der Waals surface area contributed by atoms with Gasteiger partial charge in [-0.2, -0.15) is 0 Å². The van der Waals surface area contributed by atoms with E-state index in [-0.39, 0.29) is 26.0 Å². The van der Waals surface area contributed by atoms with Crippen LogP contribution in [0.3, 0.4) is 0 Å². The van der Waals surface area contributed by atoms with Crippen LogP contribution in [-0.4, -0.2) is 75.7 Å². The number of benzene rings is 2. The molecule has 2 aromatic carbocycles. The molecule has 1 aliphatic carbocycles. The molecular weight excluding hydrogens is 588 g/mol. The molecule has 3 heterocycles. The number of hydrogen-bond acceptors (Lipinski definition) is 7. The summed E-state index contributed by atoms with van der Waals surface area (Å²) in [7, 11) is 0. The maximum absolute atomic E-state index is 13.7. The summed E-state index contributed by atoms with van der Waals surface area (Å²) in [5.41, 5.74) is 1.79. The van der Waals surface area contributed by atoms with E-state index in [2.05, 4.69) is 17.2 Å². The Kier molecular flexibility index (Phi) is 8.48. The van der Waals surface area contributed by atoms with Crippen LogP contribution in [0.4, 0.5) is 4.79 Å². The van der Waals surface area contributed by atoms with Crippen LogP contribution in [0.2, 0.25) is 0 Å². The standard InChI is InChI=1S/C35H36N4O7/c1-3-24-19-35(24,33(42)43)38-31(40)29-17-25-20-39(29)32(41)21(2)36-34(44)45-15-9-5-6-10-22-13-14-27-26(16-22)30(46-25)18-28(37-27)23-11-7-4-8-12-23/h3-4,6-8,10-14,16,18,21,24-25,29H,1,5,9,15,17,19-20H2,2H3,(H,36,44)(H,38,40)(H,42,43)/t21-,24+,25-,29-,35+/m0/s1. The maximum Gasteiger partial charge on any atom is 0.407 e. The molecule has 2 fully saturated rings. The third-order valence-corrected chi connectivity index (χ3v) is 8.80. The number of amides is 3. The highest BCUT2D eigenvalue weighted by Gasteiger charge is 2.61. The van der Waals surface area contributed by atoms with Crippen molar-refractivity contribution in [1.82, 2.24) is 20.5 Å². The van der Waals surface area contributed by atoms with Crippen LogP contribution in [0.15, 0.2) is 73.3 Å². The largest absolute Gasteiger partial charge is 0.488 e. The second-order valence-electron chi connectivity index (χ2n) is 12.0. The van der Waals surface area contributed by atoms with Crippen LogP contribution in [0.1, 0.15) is 38.2 Å². The molecule has 0 spiro atoms. The minimum atomic E-state index is -1.47. The van der Waals surface area contributed by atoms with Crippen LogP contribution in [-0.2, 0) is 19.1 Å². The zero-order chi connectivity index (χ0) is 32.4. The van der Waals surface area contributed by atoms with E-state index < -0.39 is 53.5 Å². The number of aromatic nitrogens is 1. The first kappa shape index (κ1) is 30.8. The summed E-state index contributed by atoms with van der Waals surface area (Å²) in [6.45, 7) is 5.41. The number of rotatable bonds is 5. The fourth-order valence-electron chi connectivity index (χ4n) is 6.16. The van der Waals surface area contributed by atoms with Gasteiger partial charge >= 0.3 is 12.1 Å². The predicted molar refractivity (Wildman–Crippen MR) is 171 cm³/mol. The molecule has 3 aromatic rings. The minimum Gasteiger partial charge on any atom is -0.488 e. The molecule has 0 radical (unpaired) electrons. The smallest absolute Gasteiger partial charge is 0.407 e. The van der Waals surface area contributed by atoms with Crippen LogP contribution < -0.4 is 15.4 Å². The van der Waals surface area contributed by atoms with Crippen LogP contribution in [0, 0.1) is 5.92 Å². The van der Waals surface area contributed by atoms with E-state index in [0.29, 0.717) is 24.3 Å². The zero-order valence-corrected chi connectivity index (χ0v) is 25.5. The number of carboxylic acid groups (broad SMARTS) is 1. The van der Waals surface area contributed by atoms with Crippen LogP contribution in [0.25, 0.3) is 28.2 Å². The molecule has 3 amide bonds. The van der Waals surface area contributed by atoms with Gasteiger partial charge in [0.2, 0.25) is 11.8 Å².